The maximum Gasteiger partial charge on any atom is 0.243 e. The lowest BCUT2D eigenvalue weighted by Crippen LogP contribution is -2.57. The summed E-state index contributed by atoms with van der Waals surface area (Å²) in [6.45, 7) is 5.79. The molecule has 0 fully saturated rings. The Morgan fingerprint density at radius 1 is 1.37 bits per heavy atom. The lowest BCUT2D eigenvalue weighted by Gasteiger charge is -2.35. The first-order chi connectivity index (χ1) is 8.92. The second kappa shape index (κ2) is 6.68. The van der Waals surface area contributed by atoms with E-state index in [0.717, 1.165) is 12.1 Å². The SMILES string of the molecule is CNC(CN(C)CC(C)C)(C(N)=O)c1ccccc1. The van der Waals surface area contributed by atoms with Crippen molar-refractivity contribution in [1.29, 1.82) is 0 Å². The number of hydrogen-bond acceptors (Lipinski definition) is 3. The van der Waals surface area contributed by atoms with Crippen molar-refractivity contribution < 1.29 is 4.79 Å². The number of benzene rings is 1. The molecule has 4 heteroatoms. The predicted octanol–water partition coefficient (Wildman–Crippen LogP) is 1.17. The summed E-state index contributed by atoms with van der Waals surface area (Å²) in [7, 11) is 3.79. The van der Waals surface area contributed by atoms with Gasteiger partial charge < -0.3 is 16.0 Å². The zero-order valence-corrected chi connectivity index (χ0v) is 12.3. The molecule has 3 N–H and O–H groups in total. The van der Waals surface area contributed by atoms with Crippen LogP contribution in [0, 0.1) is 5.92 Å². The molecule has 0 spiro atoms. The van der Waals surface area contributed by atoms with Gasteiger partial charge in [-0.3, -0.25) is 4.79 Å². The zero-order chi connectivity index (χ0) is 14.5. The molecule has 0 saturated carbocycles. The molecular formula is C15H25N3O. The molecule has 1 unspecified atom stereocenters. The molecule has 1 aromatic rings. The molecule has 0 aliphatic carbocycles. The summed E-state index contributed by atoms with van der Waals surface area (Å²) < 4.78 is 0. The van der Waals surface area contributed by atoms with Crippen molar-refractivity contribution in [3.8, 4) is 0 Å². The molecule has 1 amide bonds. The molecule has 4 nitrogen and oxygen atoms in total. The highest BCUT2D eigenvalue weighted by atomic mass is 16.1. The van der Waals surface area contributed by atoms with Crippen LogP contribution in [-0.4, -0.2) is 38.0 Å². The first kappa shape index (κ1) is 15.7. The van der Waals surface area contributed by atoms with Gasteiger partial charge in [0.15, 0.2) is 0 Å². The molecule has 0 aromatic heterocycles. The molecule has 0 aliphatic heterocycles. The van der Waals surface area contributed by atoms with Gasteiger partial charge in [-0.2, -0.15) is 0 Å². The minimum absolute atomic E-state index is 0.350. The number of primary amides is 1. The molecule has 0 heterocycles. The molecular weight excluding hydrogens is 238 g/mol. The van der Waals surface area contributed by atoms with Crippen LogP contribution >= 0.6 is 0 Å². The Morgan fingerprint density at radius 3 is 2.37 bits per heavy atom. The maximum atomic E-state index is 12.0. The first-order valence-electron chi connectivity index (χ1n) is 6.65. The van der Waals surface area contributed by atoms with Crippen molar-refractivity contribution >= 4 is 5.91 Å². The standard InChI is InChI=1S/C15H25N3O/c1-12(2)10-18(4)11-15(17-3,14(16)19)13-8-6-5-7-9-13/h5-9,12,17H,10-11H2,1-4H3,(H2,16,19). The van der Waals surface area contributed by atoms with E-state index in [9.17, 15) is 4.79 Å². The number of carbonyl (C=O) groups is 1. The van der Waals surface area contributed by atoms with Gasteiger partial charge in [-0.1, -0.05) is 44.2 Å². The zero-order valence-electron chi connectivity index (χ0n) is 12.3. The third kappa shape index (κ3) is 3.78. The van der Waals surface area contributed by atoms with Crippen LogP contribution in [-0.2, 0) is 10.3 Å². The number of nitrogens with zero attached hydrogens (tertiary/aromatic N) is 1. The number of likely N-dealkylation sites (N-methyl/N-ethyl adjacent to an activating group) is 2. The Balaban J connectivity index is 3.04. The Kier molecular flexibility index (Phi) is 5.51. The average molecular weight is 263 g/mol. The van der Waals surface area contributed by atoms with E-state index in [1.54, 1.807) is 7.05 Å². The second-order valence-corrected chi connectivity index (χ2v) is 5.48. The molecule has 0 radical (unpaired) electrons. The fourth-order valence-corrected chi connectivity index (χ4v) is 2.47. The van der Waals surface area contributed by atoms with Gasteiger partial charge in [0, 0.05) is 13.1 Å². The minimum atomic E-state index is -0.842. The van der Waals surface area contributed by atoms with Gasteiger partial charge in [0.25, 0.3) is 0 Å². The van der Waals surface area contributed by atoms with E-state index in [-0.39, 0.29) is 5.91 Å². The van der Waals surface area contributed by atoms with Crippen molar-refractivity contribution in [3.63, 3.8) is 0 Å². The highest BCUT2D eigenvalue weighted by Gasteiger charge is 2.37. The highest BCUT2D eigenvalue weighted by Crippen LogP contribution is 2.22. The Hall–Kier alpha value is -1.39. The van der Waals surface area contributed by atoms with E-state index in [2.05, 4.69) is 24.1 Å². The average Bonchev–Trinajstić information content (AvgIpc) is 2.35. The summed E-state index contributed by atoms with van der Waals surface area (Å²) in [4.78, 5) is 14.1. The molecule has 106 valence electrons. The molecule has 0 bridgehead atoms. The quantitative estimate of drug-likeness (QED) is 0.776. The van der Waals surface area contributed by atoms with Gasteiger partial charge in [0.05, 0.1) is 0 Å². The number of rotatable bonds is 7. The fourth-order valence-electron chi connectivity index (χ4n) is 2.47. The second-order valence-electron chi connectivity index (χ2n) is 5.48. The van der Waals surface area contributed by atoms with Crippen LogP contribution in [0.1, 0.15) is 19.4 Å². The van der Waals surface area contributed by atoms with Crippen LogP contribution < -0.4 is 11.1 Å². The smallest absolute Gasteiger partial charge is 0.243 e. The summed E-state index contributed by atoms with van der Waals surface area (Å²) in [5.74, 6) is 0.194. The lowest BCUT2D eigenvalue weighted by atomic mass is 9.88. The van der Waals surface area contributed by atoms with Crippen LogP contribution in [0.4, 0.5) is 0 Å². The summed E-state index contributed by atoms with van der Waals surface area (Å²) in [5.41, 5.74) is 5.73. The first-order valence-corrected chi connectivity index (χ1v) is 6.65. The number of nitrogens with one attached hydrogen (secondary N) is 1. The largest absolute Gasteiger partial charge is 0.368 e. The van der Waals surface area contributed by atoms with Crippen LogP contribution in [0.25, 0.3) is 0 Å². The van der Waals surface area contributed by atoms with E-state index >= 15 is 0 Å². The van der Waals surface area contributed by atoms with Gasteiger partial charge in [-0.05, 0) is 25.6 Å². The van der Waals surface area contributed by atoms with Crippen molar-refractivity contribution in [2.45, 2.75) is 19.4 Å². The van der Waals surface area contributed by atoms with Crippen LogP contribution in [0.5, 0.6) is 0 Å². The molecule has 1 rings (SSSR count). The van der Waals surface area contributed by atoms with E-state index in [4.69, 9.17) is 5.73 Å². The van der Waals surface area contributed by atoms with Gasteiger partial charge in [-0.25, -0.2) is 0 Å². The molecule has 0 saturated heterocycles. The third-order valence-corrected chi connectivity index (χ3v) is 3.30. The summed E-state index contributed by atoms with van der Waals surface area (Å²) in [6, 6.07) is 9.65. The van der Waals surface area contributed by atoms with Gasteiger partial charge >= 0.3 is 0 Å². The number of hydrogen-bond donors (Lipinski definition) is 2. The van der Waals surface area contributed by atoms with E-state index in [1.165, 1.54) is 0 Å². The topological polar surface area (TPSA) is 58.4 Å². The Bertz CT molecular complexity index is 405. The van der Waals surface area contributed by atoms with Gasteiger partial charge in [0.2, 0.25) is 5.91 Å². The summed E-state index contributed by atoms with van der Waals surface area (Å²) in [5, 5.41) is 3.12. The van der Waals surface area contributed by atoms with E-state index in [1.807, 2.05) is 37.4 Å². The van der Waals surface area contributed by atoms with Crippen molar-refractivity contribution in [1.82, 2.24) is 10.2 Å². The third-order valence-electron chi connectivity index (χ3n) is 3.30. The van der Waals surface area contributed by atoms with Gasteiger partial charge in [0.1, 0.15) is 5.54 Å². The monoisotopic (exact) mass is 263 g/mol. The molecule has 1 atom stereocenters. The fraction of sp³-hybridized carbons (Fsp3) is 0.533. The van der Waals surface area contributed by atoms with E-state index < -0.39 is 5.54 Å². The Morgan fingerprint density at radius 2 is 1.95 bits per heavy atom. The van der Waals surface area contributed by atoms with Crippen LogP contribution in [0.2, 0.25) is 0 Å². The highest BCUT2D eigenvalue weighted by molar-refractivity contribution is 5.86. The minimum Gasteiger partial charge on any atom is -0.368 e. The van der Waals surface area contributed by atoms with Gasteiger partial charge in [-0.15, -0.1) is 0 Å². The maximum absolute atomic E-state index is 12.0. The summed E-state index contributed by atoms with van der Waals surface area (Å²) in [6.07, 6.45) is 0. The number of carbonyl (C=O) groups excluding carboxylic acids is 1. The predicted molar refractivity (Wildman–Crippen MR) is 78.7 cm³/mol. The normalized spacial score (nSPS) is 14.6. The summed E-state index contributed by atoms with van der Waals surface area (Å²) >= 11 is 0. The van der Waals surface area contributed by atoms with Crippen LogP contribution in [0.15, 0.2) is 30.3 Å². The number of amides is 1. The number of nitrogens with two attached hydrogens (primary N) is 1. The van der Waals surface area contributed by atoms with Crippen LogP contribution in [0.3, 0.4) is 0 Å². The molecule has 0 aliphatic rings. The van der Waals surface area contributed by atoms with Crippen molar-refractivity contribution in [2.24, 2.45) is 11.7 Å². The molecule has 1 aromatic carbocycles. The van der Waals surface area contributed by atoms with Crippen molar-refractivity contribution in [2.75, 3.05) is 27.2 Å². The van der Waals surface area contributed by atoms with Crippen molar-refractivity contribution in [3.05, 3.63) is 35.9 Å². The lowest BCUT2D eigenvalue weighted by molar-refractivity contribution is -0.125. The van der Waals surface area contributed by atoms with E-state index in [0.29, 0.717) is 12.5 Å². The Labute approximate surface area is 116 Å². The molecule has 19 heavy (non-hydrogen) atoms.